The molecule has 0 bridgehead atoms. The molecule has 0 spiro atoms. The second-order valence-corrected chi connectivity index (χ2v) is 9.41. The van der Waals surface area contributed by atoms with Crippen LogP contribution in [0.15, 0.2) is 23.8 Å². The van der Waals surface area contributed by atoms with Gasteiger partial charge in [0.15, 0.2) is 11.5 Å². The van der Waals surface area contributed by atoms with Gasteiger partial charge in [-0.15, -0.1) is 0 Å². The van der Waals surface area contributed by atoms with E-state index in [9.17, 15) is 25.2 Å². The Morgan fingerprint density at radius 1 is 1.22 bits per heavy atom. The van der Waals surface area contributed by atoms with Crippen molar-refractivity contribution in [3.05, 3.63) is 23.8 Å². The minimum Gasteiger partial charge on any atom is -0.396 e. The Kier molecular flexibility index (Phi) is 4.08. The van der Waals surface area contributed by atoms with Crippen molar-refractivity contribution >= 4 is 5.78 Å². The summed E-state index contributed by atoms with van der Waals surface area (Å²) >= 11 is 0. The van der Waals surface area contributed by atoms with Crippen LogP contribution < -0.4 is 0 Å². The Morgan fingerprint density at radius 2 is 1.93 bits per heavy atom. The van der Waals surface area contributed by atoms with Gasteiger partial charge in [0.2, 0.25) is 0 Å². The first-order chi connectivity index (χ1) is 12.5. The summed E-state index contributed by atoms with van der Waals surface area (Å²) in [7, 11) is 0. The van der Waals surface area contributed by atoms with Gasteiger partial charge in [-0.05, 0) is 50.7 Å². The number of rotatable bonds is 2. The molecular formula is C21H29FO5. The summed E-state index contributed by atoms with van der Waals surface area (Å²) in [5.74, 6) is -1.02. The first-order valence-electron chi connectivity index (χ1n) is 9.87. The smallest absolute Gasteiger partial charge is 0.178 e. The van der Waals surface area contributed by atoms with Crippen molar-refractivity contribution in [1.29, 1.82) is 0 Å². The fourth-order valence-corrected chi connectivity index (χ4v) is 6.93. The van der Waals surface area contributed by atoms with Gasteiger partial charge in [-0.25, -0.2) is 4.39 Å². The van der Waals surface area contributed by atoms with Crippen LogP contribution in [-0.4, -0.2) is 56.3 Å². The predicted octanol–water partition coefficient (Wildman–Crippen LogP) is 1.44. The van der Waals surface area contributed by atoms with Crippen molar-refractivity contribution < 1.29 is 29.6 Å². The van der Waals surface area contributed by atoms with E-state index in [4.69, 9.17) is 0 Å². The molecule has 5 nitrogen and oxygen atoms in total. The van der Waals surface area contributed by atoms with E-state index < -0.39 is 40.2 Å². The number of aliphatic hydroxyl groups is 4. The minimum absolute atomic E-state index is 0.00286. The van der Waals surface area contributed by atoms with Gasteiger partial charge in [0.25, 0.3) is 0 Å². The van der Waals surface area contributed by atoms with Crippen molar-refractivity contribution in [3.8, 4) is 0 Å². The molecule has 27 heavy (non-hydrogen) atoms. The molecule has 4 aliphatic carbocycles. The summed E-state index contributed by atoms with van der Waals surface area (Å²) in [6.45, 7) is 3.26. The highest BCUT2D eigenvalue weighted by atomic mass is 19.1. The van der Waals surface area contributed by atoms with E-state index in [-0.39, 0.29) is 37.6 Å². The number of alkyl halides is 1. The SMILES string of the molecule is C[C@]12C=CC(=O)C=C1CC[C@H]1[C@@H]3C[C@@H](O)[C@](O)(CCO)[C@@]3(C)C[C@H](O)[C@@]12F. The molecule has 3 saturated carbocycles. The van der Waals surface area contributed by atoms with Crippen LogP contribution in [0.4, 0.5) is 4.39 Å². The summed E-state index contributed by atoms with van der Waals surface area (Å²) in [6.07, 6.45) is 3.30. The summed E-state index contributed by atoms with van der Waals surface area (Å²) in [5, 5.41) is 42.3. The molecule has 0 unspecified atom stereocenters. The van der Waals surface area contributed by atoms with Crippen LogP contribution in [0.3, 0.4) is 0 Å². The van der Waals surface area contributed by atoms with Crippen molar-refractivity contribution in [1.82, 2.24) is 0 Å². The van der Waals surface area contributed by atoms with Gasteiger partial charge in [0.1, 0.15) is 0 Å². The maximum atomic E-state index is 16.8. The number of hydrogen-bond donors (Lipinski definition) is 4. The number of ketones is 1. The van der Waals surface area contributed by atoms with Crippen molar-refractivity contribution in [2.45, 2.75) is 69.4 Å². The number of halogens is 1. The normalized spacial score (nSPS) is 54.2. The van der Waals surface area contributed by atoms with Crippen LogP contribution in [0.5, 0.6) is 0 Å². The van der Waals surface area contributed by atoms with Crippen LogP contribution in [0.25, 0.3) is 0 Å². The Bertz CT molecular complexity index is 734. The van der Waals surface area contributed by atoms with E-state index in [1.165, 1.54) is 12.2 Å². The lowest BCUT2D eigenvalue weighted by Crippen LogP contribution is -2.68. The average molecular weight is 380 g/mol. The van der Waals surface area contributed by atoms with E-state index in [0.717, 1.165) is 0 Å². The van der Waals surface area contributed by atoms with Crippen LogP contribution in [0.2, 0.25) is 0 Å². The van der Waals surface area contributed by atoms with Gasteiger partial charge >= 0.3 is 0 Å². The van der Waals surface area contributed by atoms with E-state index in [0.29, 0.717) is 18.4 Å². The molecule has 4 rings (SSSR count). The van der Waals surface area contributed by atoms with E-state index in [1.807, 2.05) is 0 Å². The summed E-state index contributed by atoms with van der Waals surface area (Å²) in [6, 6.07) is 0. The van der Waals surface area contributed by atoms with E-state index in [1.54, 1.807) is 19.9 Å². The fraction of sp³-hybridized carbons (Fsp3) is 0.762. The molecule has 6 heteroatoms. The van der Waals surface area contributed by atoms with Gasteiger partial charge in [0.05, 0.1) is 17.8 Å². The quantitative estimate of drug-likeness (QED) is 0.581. The number of fused-ring (bicyclic) bond motifs is 5. The second-order valence-electron chi connectivity index (χ2n) is 9.41. The maximum absolute atomic E-state index is 16.8. The number of aliphatic hydroxyl groups excluding tert-OH is 3. The van der Waals surface area contributed by atoms with Crippen LogP contribution in [0.1, 0.15) is 46.0 Å². The topological polar surface area (TPSA) is 98.0 Å². The lowest BCUT2D eigenvalue weighted by atomic mass is 9.44. The van der Waals surface area contributed by atoms with Crippen molar-refractivity contribution in [3.63, 3.8) is 0 Å². The van der Waals surface area contributed by atoms with Crippen molar-refractivity contribution in [2.75, 3.05) is 6.61 Å². The molecule has 0 aromatic rings. The molecular weight excluding hydrogens is 351 g/mol. The Morgan fingerprint density at radius 3 is 2.59 bits per heavy atom. The van der Waals surface area contributed by atoms with Crippen molar-refractivity contribution in [2.24, 2.45) is 22.7 Å². The van der Waals surface area contributed by atoms with Gasteiger partial charge < -0.3 is 20.4 Å². The number of allylic oxidation sites excluding steroid dienone is 4. The zero-order chi connectivity index (χ0) is 19.8. The minimum atomic E-state index is -1.97. The zero-order valence-corrected chi connectivity index (χ0v) is 15.9. The van der Waals surface area contributed by atoms with Crippen LogP contribution in [-0.2, 0) is 4.79 Å². The fourth-order valence-electron chi connectivity index (χ4n) is 6.93. The third kappa shape index (κ3) is 2.10. The molecule has 0 radical (unpaired) electrons. The second kappa shape index (κ2) is 5.72. The molecule has 0 aromatic carbocycles. The summed E-state index contributed by atoms with van der Waals surface area (Å²) < 4.78 is 16.8. The Labute approximate surface area is 158 Å². The van der Waals surface area contributed by atoms with Gasteiger partial charge in [-0.2, -0.15) is 0 Å². The molecule has 0 aliphatic heterocycles. The highest BCUT2D eigenvalue weighted by molar-refractivity contribution is 6.01. The third-order valence-corrected chi connectivity index (χ3v) is 8.54. The molecule has 0 saturated heterocycles. The molecule has 150 valence electrons. The highest BCUT2D eigenvalue weighted by Crippen LogP contribution is 2.69. The maximum Gasteiger partial charge on any atom is 0.178 e. The molecule has 0 amide bonds. The van der Waals surface area contributed by atoms with Gasteiger partial charge in [-0.3, -0.25) is 4.79 Å². The zero-order valence-electron chi connectivity index (χ0n) is 15.9. The number of hydrogen-bond acceptors (Lipinski definition) is 5. The number of carbonyl (C=O) groups is 1. The molecule has 8 atom stereocenters. The largest absolute Gasteiger partial charge is 0.396 e. The predicted molar refractivity (Wildman–Crippen MR) is 96.4 cm³/mol. The Balaban J connectivity index is 1.81. The first kappa shape index (κ1) is 19.2. The third-order valence-electron chi connectivity index (χ3n) is 8.54. The molecule has 4 aliphatic rings. The molecule has 0 heterocycles. The average Bonchev–Trinajstić information content (AvgIpc) is 2.78. The summed E-state index contributed by atoms with van der Waals surface area (Å²) in [4.78, 5) is 11.8. The van der Waals surface area contributed by atoms with Gasteiger partial charge in [0, 0.05) is 29.8 Å². The van der Waals surface area contributed by atoms with Crippen LogP contribution >= 0.6 is 0 Å². The summed E-state index contributed by atoms with van der Waals surface area (Å²) in [5.41, 5.74) is -4.78. The molecule has 3 fully saturated rings. The van der Waals surface area contributed by atoms with E-state index >= 15 is 4.39 Å². The number of carbonyl (C=O) groups excluding carboxylic acids is 1. The van der Waals surface area contributed by atoms with Gasteiger partial charge in [-0.1, -0.05) is 18.6 Å². The van der Waals surface area contributed by atoms with Crippen LogP contribution in [0, 0.1) is 22.7 Å². The highest BCUT2D eigenvalue weighted by Gasteiger charge is 2.74. The molecule has 4 N–H and O–H groups in total. The first-order valence-corrected chi connectivity index (χ1v) is 9.87. The van der Waals surface area contributed by atoms with E-state index in [2.05, 4.69) is 0 Å². The lowest BCUT2D eigenvalue weighted by Gasteiger charge is -2.62. The lowest BCUT2D eigenvalue weighted by molar-refractivity contribution is -0.226. The Hall–Kier alpha value is -1.08. The molecule has 0 aromatic heterocycles. The monoisotopic (exact) mass is 380 g/mol. The standard InChI is InChI=1S/C21H29FO5/c1-18-6-5-13(24)9-12(18)3-4-14-15-10-16(25)20(27,7-8-23)19(15,2)11-17(26)21(14,18)22/h5-6,9,14-17,23,25-27H,3-4,7-8,10-11H2,1-2H3/t14-,15-,16+,17-,18-,19-,20+,21-/m0/s1.